The molecule has 0 atom stereocenters. The van der Waals surface area contributed by atoms with Crippen LogP contribution in [0, 0.1) is 18.8 Å². The number of nitrogens with zero attached hydrogens (tertiary/aromatic N) is 4. The molecular weight excluding hydrogens is 1170 g/mol. The number of pyridine rings is 1. The second kappa shape index (κ2) is 21.0. The Morgan fingerprint density at radius 1 is 0.407 bits per heavy atom. The fourth-order valence-electron chi connectivity index (χ4n) is 11.7. The van der Waals surface area contributed by atoms with Crippen molar-refractivity contribution in [2.75, 3.05) is 9.80 Å². The predicted octanol–water partition coefficient (Wildman–Crippen LogP) is 19.8. The van der Waals surface area contributed by atoms with E-state index >= 15 is 0 Å². The van der Waals surface area contributed by atoms with Crippen molar-refractivity contribution in [1.82, 2.24) is 9.55 Å². The third-order valence-corrected chi connectivity index (χ3v) is 17.0. The molecule has 0 saturated heterocycles. The maximum atomic E-state index is 7.08. The molecule has 8 aromatic carbocycles. The molecular formula is C75H77N4OPt-3. The van der Waals surface area contributed by atoms with E-state index in [1.54, 1.807) is 0 Å². The van der Waals surface area contributed by atoms with Gasteiger partial charge in [-0.05, 0) is 109 Å². The van der Waals surface area contributed by atoms with E-state index in [1.165, 1.54) is 44.5 Å². The van der Waals surface area contributed by atoms with Gasteiger partial charge in [-0.2, -0.15) is 6.07 Å². The second-order valence-electron chi connectivity index (χ2n) is 26.8. The minimum absolute atomic E-state index is 0. The molecule has 0 amide bonds. The largest absolute Gasteiger partial charge is 0.509 e. The summed E-state index contributed by atoms with van der Waals surface area (Å²) in [7, 11) is 0. The zero-order valence-electron chi connectivity index (χ0n) is 50.0. The molecule has 0 aliphatic carbocycles. The third-order valence-electron chi connectivity index (χ3n) is 17.0. The average molecular weight is 1250 g/mol. The van der Waals surface area contributed by atoms with Gasteiger partial charge in [-0.25, -0.2) is 4.98 Å². The number of hydrogen-bond acceptors (Lipinski definition) is 4. The van der Waals surface area contributed by atoms with E-state index in [0.717, 1.165) is 55.9 Å². The first kappa shape index (κ1) is 57.0. The van der Waals surface area contributed by atoms with Gasteiger partial charge in [-0.3, -0.25) is 0 Å². The number of benzene rings is 8. The van der Waals surface area contributed by atoms with Crippen LogP contribution in [-0.4, -0.2) is 9.55 Å². The quantitative estimate of drug-likeness (QED) is 0.121. The van der Waals surface area contributed by atoms with Gasteiger partial charge >= 0.3 is 0 Å². The number of aromatic nitrogens is 2. The molecule has 10 aromatic rings. The van der Waals surface area contributed by atoms with Crippen molar-refractivity contribution in [3.63, 3.8) is 0 Å². The summed E-state index contributed by atoms with van der Waals surface area (Å²) in [4.78, 5) is 9.80. The molecule has 0 unspecified atom stereocenters. The fraction of sp³-hybridized carbons (Fsp3) is 0.280. The molecule has 11 rings (SSSR count). The van der Waals surface area contributed by atoms with Crippen molar-refractivity contribution in [2.24, 2.45) is 0 Å². The minimum Gasteiger partial charge on any atom is -0.509 e. The summed E-state index contributed by atoms with van der Waals surface area (Å²) < 4.78 is 9.31. The predicted molar refractivity (Wildman–Crippen MR) is 336 cm³/mol. The summed E-state index contributed by atoms with van der Waals surface area (Å²) in [5.74, 6) is 2.04. The topological polar surface area (TPSA) is 33.5 Å². The molecule has 6 heteroatoms. The average Bonchev–Trinajstić information content (AvgIpc) is 4.07. The molecule has 0 spiro atoms. The Morgan fingerprint density at radius 3 is 1.44 bits per heavy atom. The summed E-state index contributed by atoms with van der Waals surface area (Å²) in [6, 6.07) is 73.9. The summed E-state index contributed by atoms with van der Waals surface area (Å²) in [6.07, 6.45) is 1.93. The Bertz CT molecular complexity index is 3860. The standard InChI is InChI=1S/C75H77N4O.Pt/c1-70(2,3)54-40-58(45-60(43-54)80-59-35-36-62-61-33-25-26-34-65(61)79(66(62)46-59)69-44-53(37-38-76-69)73(10,11)50-27-19-16-20-28-50)78-49-77(67-47-63(71(4,5)6)64(48-68(67)78)72(7,8)9)57-41-55(74(12,13)51-29-21-17-22-30-51)39-56(42-57)75(14,15)52-31-23-18-24-32-52;/h16-44,47-49H,1-15H3;/q-3;. The van der Waals surface area contributed by atoms with Crippen molar-refractivity contribution < 1.29 is 25.8 Å². The van der Waals surface area contributed by atoms with E-state index in [0.29, 0.717) is 11.5 Å². The van der Waals surface area contributed by atoms with Crippen LogP contribution in [0.4, 0.5) is 22.7 Å². The smallest absolute Gasteiger partial charge is 0.135 e. The molecule has 1 aliphatic heterocycles. The molecule has 5 nitrogen and oxygen atoms in total. The fourth-order valence-corrected chi connectivity index (χ4v) is 11.7. The third kappa shape index (κ3) is 10.7. The number of fused-ring (bicyclic) bond motifs is 4. The summed E-state index contributed by atoms with van der Waals surface area (Å²) in [5.41, 5.74) is 16.1. The number of rotatable bonds is 11. The SMILES string of the molecule is CC(C)(C)c1cc(Oc2[c-]c3c(cc2)c2ccccc2n3-c2cc(C(C)(C)c3ccccc3)ccn2)[c-]c(N2[CH-]N(c3cc(C(C)(C)c4ccccc4)cc(C(C)(C)c4ccccc4)c3)c3cc(C(C)(C)C)c(C(C)(C)C)cc32)c1.[Pt]. The van der Waals surface area contributed by atoms with Crippen LogP contribution in [0.1, 0.15) is 154 Å². The molecule has 3 heterocycles. The number of anilines is 4. The monoisotopic (exact) mass is 1240 g/mol. The van der Waals surface area contributed by atoms with E-state index in [4.69, 9.17) is 9.72 Å². The van der Waals surface area contributed by atoms with Gasteiger partial charge in [-0.15, -0.1) is 53.6 Å². The van der Waals surface area contributed by atoms with Crippen molar-refractivity contribution >= 4 is 44.6 Å². The molecule has 0 bridgehead atoms. The molecule has 0 saturated carbocycles. The van der Waals surface area contributed by atoms with Crippen LogP contribution < -0.4 is 14.5 Å². The Kier molecular flexibility index (Phi) is 14.8. The molecule has 81 heavy (non-hydrogen) atoms. The minimum atomic E-state index is -0.303. The van der Waals surface area contributed by atoms with Crippen LogP contribution in [0.2, 0.25) is 0 Å². The first-order chi connectivity index (χ1) is 37.8. The van der Waals surface area contributed by atoms with E-state index in [9.17, 15) is 0 Å². The van der Waals surface area contributed by atoms with Gasteiger partial charge < -0.3 is 19.1 Å². The first-order valence-electron chi connectivity index (χ1n) is 28.4. The molecule has 1 aliphatic rings. The van der Waals surface area contributed by atoms with Crippen LogP contribution in [0.25, 0.3) is 27.6 Å². The number of hydrogen-bond donors (Lipinski definition) is 0. The van der Waals surface area contributed by atoms with Gasteiger partial charge in [-0.1, -0.05) is 225 Å². The maximum absolute atomic E-state index is 7.08. The van der Waals surface area contributed by atoms with Gasteiger partial charge in [0, 0.05) is 77.6 Å². The van der Waals surface area contributed by atoms with E-state index in [1.807, 2.05) is 12.3 Å². The molecule has 0 radical (unpaired) electrons. The normalized spacial score (nSPS) is 13.4. The molecule has 416 valence electrons. The van der Waals surface area contributed by atoms with Crippen LogP contribution in [0.5, 0.6) is 11.5 Å². The van der Waals surface area contributed by atoms with Crippen molar-refractivity contribution in [3.05, 3.63) is 257 Å². The van der Waals surface area contributed by atoms with E-state index in [-0.39, 0.29) is 53.6 Å². The number of para-hydroxylation sites is 1. The van der Waals surface area contributed by atoms with E-state index in [2.05, 4.69) is 313 Å². The van der Waals surface area contributed by atoms with Crippen molar-refractivity contribution in [2.45, 2.75) is 136 Å². The van der Waals surface area contributed by atoms with Gasteiger partial charge in [0.25, 0.3) is 0 Å². The summed E-state index contributed by atoms with van der Waals surface area (Å²) >= 11 is 0. The Labute approximate surface area is 497 Å². The molecule has 0 N–H and O–H groups in total. The number of ether oxygens (including phenoxy) is 1. The Hall–Kier alpha value is -7.20. The maximum Gasteiger partial charge on any atom is 0.135 e. The molecule has 2 aromatic heterocycles. The van der Waals surface area contributed by atoms with E-state index < -0.39 is 0 Å². The summed E-state index contributed by atoms with van der Waals surface area (Å²) in [5, 5.41) is 2.21. The van der Waals surface area contributed by atoms with Crippen LogP contribution in [0.15, 0.2) is 188 Å². The Balaban J connectivity index is 0.00000736. The summed E-state index contributed by atoms with van der Waals surface area (Å²) in [6.45, 7) is 37.1. The van der Waals surface area contributed by atoms with Crippen LogP contribution in [0.3, 0.4) is 0 Å². The van der Waals surface area contributed by atoms with Gasteiger partial charge in [0.15, 0.2) is 0 Å². The van der Waals surface area contributed by atoms with Gasteiger partial charge in [0.2, 0.25) is 0 Å². The first-order valence-corrected chi connectivity index (χ1v) is 28.4. The zero-order valence-corrected chi connectivity index (χ0v) is 52.3. The van der Waals surface area contributed by atoms with Crippen molar-refractivity contribution in [1.29, 1.82) is 0 Å². The second-order valence-corrected chi connectivity index (χ2v) is 26.8. The Morgan fingerprint density at radius 2 is 0.914 bits per heavy atom. The van der Waals surface area contributed by atoms with Crippen molar-refractivity contribution in [3.8, 4) is 17.3 Å². The van der Waals surface area contributed by atoms with Gasteiger partial charge in [0.05, 0.1) is 0 Å². The van der Waals surface area contributed by atoms with Crippen LogP contribution >= 0.6 is 0 Å². The molecule has 0 fully saturated rings. The van der Waals surface area contributed by atoms with Gasteiger partial charge in [0.1, 0.15) is 5.82 Å². The zero-order chi connectivity index (χ0) is 56.7. The van der Waals surface area contributed by atoms with Crippen LogP contribution in [-0.2, 0) is 53.6 Å².